The summed E-state index contributed by atoms with van der Waals surface area (Å²) in [6, 6.07) is 26.0. The number of thioether (sulfide) groups is 1. The molecule has 5 rings (SSSR count). The van der Waals surface area contributed by atoms with Crippen LogP contribution in [0, 0.1) is 0 Å². The molecule has 2 amide bonds. The molecule has 4 aromatic rings. The Kier molecular flexibility index (Phi) is 5.21. The van der Waals surface area contributed by atoms with Crippen LogP contribution in [0.4, 0.5) is 4.79 Å². The van der Waals surface area contributed by atoms with Crippen molar-refractivity contribution < 1.29 is 9.59 Å². The molecular formula is C26H18N2O3S. The highest BCUT2D eigenvalue weighted by atomic mass is 32.2. The molecule has 2 N–H and O–H groups in total. The highest BCUT2D eigenvalue weighted by molar-refractivity contribution is 8.18. The van der Waals surface area contributed by atoms with Crippen molar-refractivity contribution in [1.29, 1.82) is 0 Å². The topological polar surface area (TPSA) is 79.0 Å². The molecule has 1 fully saturated rings. The Hall–Kier alpha value is -3.90. The Balaban J connectivity index is 1.47. The zero-order valence-corrected chi connectivity index (χ0v) is 17.7. The summed E-state index contributed by atoms with van der Waals surface area (Å²) in [7, 11) is 0. The van der Waals surface area contributed by atoms with Crippen molar-refractivity contribution in [3.63, 3.8) is 0 Å². The first kappa shape index (κ1) is 20.0. The Labute approximate surface area is 188 Å². The van der Waals surface area contributed by atoms with Crippen molar-refractivity contribution in [3.05, 3.63) is 111 Å². The van der Waals surface area contributed by atoms with Crippen molar-refractivity contribution in [3.8, 4) is 11.1 Å². The quantitative estimate of drug-likeness (QED) is 0.434. The second kappa shape index (κ2) is 8.32. The van der Waals surface area contributed by atoms with E-state index >= 15 is 0 Å². The third-order valence-electron chi connectivity index (χ3n) is 5.34. The fourth-order valence-corrected chi connectivity index (χ4v) is 4.47. The minimum Gasteiger partial charge on any atom is -0.322 e. The van der Waals surface area contributed by atoms with Crippen LogP contribution in [-0.4, -0.2) is 16.1 Å². The van der Waals surface area contributed by atoms with E-state index < -0.39 is 11.1 Å². The summed E-state index contributed by atoms with van der Waals surface area (Å²) in [5, 5.41) is 2.66. The van der Waals surface area contributed by atoms with Crippen LogP contribution in [0.5, 0.6) is 0 Å². The maximum Gasteiger partial charge on any atom is 0.290 e. The van der Waals surface area contributed by atoms with E-state index in [4.69, 9.17) is 0 Å². The normalized spacial score (nSPS) is 14.8. The summed E-state index contributed by atoms with van der Waals surface area (Å²) in [6.07, 6.45) is 2.33. The third kappa shape index (κ3) is 4.13. The number of pyridine rings is 1. The largest absolute Gasteiger partial charge is 0.322 e. The van der Waals surface area contributed by atoms with Crippen molar-refractivity contribution >= 4 is 39.9 Å². The Morgan fingerprint density at radius 3 is 2.22 bits per heavy atom. The van der Waals surface area contributed by atoms with E-state index in [2.05, 4.69) is 46.7 Å². The van der Waals surface area contributed by atoms with Crippen LogP contribution < -0.4 is 10.9 Å². The molecule has 32 heavy (non-hydrogen) atoms. The lowest BCUT2D eigenvalue weighted by molar-refractivity contribution is -0.115. The van der Waals surface area contributed by atoms with Gasteiger partial charge in [-0.2, -0.15) is 0 Å². The standard InChI is InChI=1S/C26H18N2O3S/c29-24-15-20(14-23-25(30)28-26(31)32-23)21-13-17(8-11-22(21)27-24)12-16-6-9-19(10-7-16)18-4-2-1-3-5-18/h1-11,13-15H,12H2,(H,27,29)(H,28,30,31). The average molecular weight is 439 g/mol. The van der Waals surface area contributed by atoms with Crippen LogP contribution in [0.3, 0.4) is 0 Å². The Bertz CT molecular complexity index is 1440. The molecule has 1 aliphatic rings. The number of hydrogen-bond donors (Lipinski definition) is 2. The summed E-state index contributed by atoms with van der Waals surface area (Å²) in [5.74, 6) is -0.442. The number of rotatable bonds is 4. The van der Waals surface area contributed by atoms with Gasteiger partial charge in [0.25, 0.3) is 11.1 Å². The number of aromatic amines is 1. The molecule has 0 atom stereocenters. The number of imide groups is 1. The Morgan fingerprint density at radius 2 is 1.50 bits per heavy atom. The molecule has 3 aromatic carbocycles. The van der Waals surface area contributed by atoms with Crippen molar-refractivity contribution in [2.75, 3.05) is 0 Å². The molecule has 5 nitrogen and oxygen atoms in total. The van der Waals surface area contributed by atoms with Gasteiger partial charge in [0, 0.05) is 17.0 Å². The molecule has 0 aliphatic carbocycles. The molecule has 0 saturated carbocycles. The van der Waals surface area contributed by atoms with Crippen molar-refractivity contribution in [1.82, 2.24) is 10.3 Å². The molecule has 1 saturated heterocycles. The number of amides is 2. The lowest BCUT2D eigenvalue weighted by atomic mass is 9.98. The number of aromatic nitrogens is 1. The molecule has 0 bridgehead atoms. The second-order valence-corrected chi connectivity index (χ2v) is 8.58. The van der Waals surface area contributed by atoms with Gasteiger partial charge >= 0.3 is 0 Å². The van der Waals surface area contributed by atoms with Gasteiger partial charge in [0.15, 0.2) is 0 Å². The molecule has 0 radical (unpaired) electrons. The van der Waals surface area contributed by atoms with Gasteiger partial charge < -0.3 is 4.98 Å². The predicted octanol–water partition coefficient (Wildman–Crippen LogP) is 5.11. The van der Waals surface area contributed by atoms with E-state index in [0.717, 1.165) is 29.1 Å². The van der Waals surface area contributed by atoms with Gasteiger partial charge in [-0.25, -0.2) is 0 Å². The van der Waals surface area contributed by atoms with Crippen molar-refractivity contribution in [2.45, 2.75) is 6.42 Å². The van der Waals surface area contributed by atoms with Gasteiger partial charge in [0.05, 0.1) is 4.91 Å². The molecule has 0 spiro atoms. The lowest BCUT2D eigenvalue weighted by Crippen LogP contribution is -2.17. The molecular weight excluding hydrogens is 420 g/mol. The molecule has 2 heterocycles. The number of benzene rings is 3. The molecule has 0 unspecified atom stereocenters. The summed E-state index contributed by atoms with van der Waals surface area (Å²) >= 11 is 0.838. The first-order chi connectivity index (χ1) is 15.5. The van der Waals surface area contributed by atoms with Crippen LogP contribution >= 0.6 is 11.8 Å². The number of carbonyl (C=O) groups excluding carboxylic acids is 2. The molecule has 6 heteroatoms. The Morgan fingerprint density at radius 1 is 0.781 bits per heavy atom. The summed E-state index contributed by atoms with van der Waals surface area (Å²) < 4.78 is 0. The highest BCUT2D eigenvalue weighted by Gasteiger charge is 2.25. The van der Waals surface area contributed by atoms with E-state index in [1.807, 2.05) is 36.4 Å². The first-order valence-electron chi connectivity index (χ1n) is 10.1. The molecule has 156 valence electrons. The number of hydrogen-bond acceptors (Lipinski definition) is 4. The smallest absolute Gasteiger partial charge is 0.290 e. The maximum atomic E-state index is 12.1. The van der Waals surface area contributed by atoms with E-state index in [9.17, 15) is 14.4 Å². The number of carbonyl (C=O) groups is 2. The minimum atomic E-state index is -0.442. The van der Waals surface area contributed by atoms with Crippen LogP contribution in [-0.2, 0) is 11.2 Å². The second-order valence-electron chi connectivity index (χ2n) is 7.56. The zero-order chi connectivity index (χ0) is 22.1. The first-order valence-corrected chi connectivity index (χ1v) is 10.9. The fourth-order valence-electron chi connectivity index (χ4n) is 3.80. The SMILES string of the molecule is O=C1NC(=O)C(=Cc2cc(=O)[nH]c3ccc(Cc4ccc(-c5ccccc5)cc4)cc23)S1. The molecule has 1 aliphatic heterocycles. The number of fused-ring (bicyclic) bond motifs is 1. The average Bonchev–Trinajstić information content (AvgIpc) is 3.11. The van der Waals surface area contributed by atoms with E-state index in [-0.39, 0.29) is 10.5 Å². The van der Waals surface area contributed by atoms with Crippen LogP contribution in [0.15, 0.2) is 88.6 Å². The minimum absolute atomic E-state index is 0.261. The van der Waals surface area contributed by atoms with Crippen LogP contribution in [0.1, 0.15) is 16.7 Å². The van der Waals surface area contributed by atoms with Gasteiger partial charge in [-0.1, -0.05) is 60.7 Å². The van der Waals surface area contributed by atoms with Gasteiger partial charge in [-0.15, -0.1) is 0 Å². The van der Waals surface area contributed by atoms with Gasteiger partial charge in [0.2, 0.25) is 5.56 Å². The van der Waals surface area contributed by atoms with Gasteiger partial charge in [0.1, 0.15) is 0 Å². The third-order valence-corrected chi connectivity index (χ3v) is 6.15. The molecule has 1 aromatic heterocycles. The summed E-state index contributed by atoms with van der Waals surface area (Å²) in [6.45, 7) is 0. The van der Waals surface area contributed by atoms with E-state index in [0.29, 0.717) is 11.1 Å². The van der Waals surface area contributed by atoms with Crippen LogP contribution in [0.25, 0.3) is 28.1 Å². The lowest BCUT2D eigenvalue weighted by Gasteiger charge is -2.08. The maximum absolute atomic E-state index is 12.1. The van der Waals surface area contributed by atoms with Crippen LogP contribution in [0.2, 0.25) is 0 Å². The van der Waals surface area contributed by atoms with Gasteiger partial charge in [-0.3, -0.25) is 19.7 Å². The zero-order valence-electron chi connectivity index (χ0n) is 16.9. The highest BCUT2D eigenvalue weighted by Crippen LogP contribution is 2.28. The van der Waals surface area contributed by atoms with Crippen molar-refractivity contribution in [2.24, 2.45) is 0 Å². The predicted molar refractivity (Wildman–Crippen MR) is 128 cm³/mol. The number of H-pyrrole nitrogens is 1. The monoisotopic (exact) mass is 438 g/mol. The van der Waals surface area contributed by atoms with Gasteiger partial charge in [-0.05, 0) is 64.2 Å². The summed E-state index contributed by atoms with van der Waals surface area (Å²) in [4.78, 5) is 38.6. The van der Waals surface area contributed by atoms with E-state index in [1.54, 1.807) is 6.08 Å². The van der Waals surface area contributed by atoms with E-state index in [1.165, 1.54) is 22.8 Å². The summed E-state index contributed by atoms with van der Waals surface area (Å²) in [5.41, 5.74) is 5.63. The number of nitrogens with one attached hydrogen (secondary N) is 2. The fraction of sp³-hybridized carbons (Fsp3) is 0.0385.